The Morgan fingerprint density at radius 2 is 2.09 bits per heavy atom. The summed E-state index contributed by atoms with van der Waals surface area (Å²) in [5.41, 5.74) is 0.818. The molecule has 7 nitrogen and oxygen atoms in total. The Labute approximate surface area is 132 Å². The largest absolute Gasteiger partial charge is 0.305 e. The first-order valence-corrected chi connectivity index (χ1v) is 7.20. The van der Waals surface area contributed by atoms with Crippen molar-refractivity contribution in [1.82, 2.24) is 19.6 Å². The van der Waals surface area contributed by atoms with Crippen molar-refractivity contribution in [3.05, 3.63) is 58.3 Å². The van der Waals surface area contributed by atoms with Gasteiger partial charge in [-0.05, 0) is 12.1 Å². The van der Waals surface area contributed by atoms with E-state index in [0.29, 0.717) is 11.5 Å². The Kier molecular flexibility index (Phi) is 3.48. The van der Waals surface area contributed by atoms with E-state index in [9.17, 15) is 9.59 Å². The molecular weight excluding hydrogens is 294 g/mol. The van der Waals surface area contributed by atoms with Gasteiger partial charge in [0.25, 0.3) is 11.5 Å². The summed E-state index contributed by atoms with van der Waals surface area (Å²) < 4.78 is 1.33. The van der Waals surface area contributed by atoms with E-state index in [1.807, 2.05) is 20.8 Å². The zero-order valence-electron chi connectivity index (χ0n) is 13.1. The highest BCUT2D eigenvalue weighted by molar-refractivity contribution is 6.03. The number of hydrogen-bond donors (Lipinski definition) is 2. The molecule has 23 heavy (non-hydrogen) atoms. The molecule has 0 unspecified atom stereocenters. The molecular formula is C16H17N5O2. The molecule has 7 heteroatoms. The molecule has 2 N–H and O–H groups in total. The molecule has 0 bridgehead atoms. The maximum absolute atomic E-state index is 12.4. The Balaban J connectivity index is 1.91. The zero-order chi connectivity index (χ0) is 16.6. The van der Waals surface area contributed by atoms with Gasteiger partial charge in [-0.3, -0.25) is 19.1 Å². The molecule has 0 spiro atoms. The number of amides is 1. The van der Waals surface area contributed by atoms with Gasteiger partial charge in [0.05, 0.1) is 0 Å². The van der Waals surface area contributed by atoms with Crippen LogP contribution in [0.15, 0.2) is 41.5 Å². The summed E-state index contributed by atoms with van der Waals surface area (Å²) in [6.07, 6.45) is 2.86. The van der Waals surface area contributed by atoms with Crippen LogP contribution in [0.3, 0.4) is 0 Å². The topological polar surface area (TPSA) is 92.2 Å². The fraction of sp³-hybridized carbons (Fsp3) is 0.250. The second kappa shape index (κ2) is 5.35. The minimum Gasteiger partial charge on any atom is -0.305 e. The number of anilines is 1. The lowest BCUT2D eigenvalue weighted by Gasteiger charge is -2.14. The van der Waals surface area contributed by atoms with Gasteiger partial charge >= 0.3 is 0 Å². The molecule has 3 heterocycles. The van der Waals surface area contributed by atoms with Gasteiger partial charge in [0.1, 0.15) is 11.2 Å². The van der Waals surface area contributed by atoms with E-state index in [-0.39, 0.29) is 11.0 Å². The van der Waals surface area contributed by atoms with Crippen LogP contribution in [0.5, 0.6) is 0 Å². The quantitative estimate of drug-likeness (QED) is 0.757. The van der Waals surface area contributed by atoms with Crippen LogP contribution >= 0.6 is 0 Å². The Morgan fingerprint density at radius 1 is 1.30 bits per heavy atom. The molecule has 3 aromatic rings. The Hall–Kier alpha value is -2.96. The summed E-state index contributed by atoms with van der Waals surface area (Å²) in [6.45, 7) is 6.10. The second-order valence-electron chi connectivity index (χ2n) is 6.28. The van der Waals surface area contributed by atoms with Crippen LogP contribution < -0.4 is 10.9 Å². The van der Waals surface area contributed by atoms with Crippen molar-refractivity contribution >= 4 is 17.4 Å². The van der Waals surface area contributed by atoms with Crippen molar-refractivity contribution < 1.29 is 4.79 Å². The van der Waals surface area contributed by atoms with Crippen molar-refractivity contribution in [1.29, 1.82) is 0 Å². The van der Waals surface area contributed by atoms with Crippen LogP contribution in [0.4, 0.5) is 5.82 Å². The summed E-state index contributed by atoms with van der Waals surface area (Å²) in [7, 11) is 0. The first-order valence-electron chi connectivity index (χ1n) is 7.20. The van der Waals surface area contributed by atoms with Crippen molar-refractivity contribution in [2.75, 3.05) is 5.32 Å². The molecule has 3 rings (SSSR count). The number of carbonyl (C=O) groups is 1. The number of hydrogen-bond acceptors (Lipinski definition) is 4. The number of nitrogens with zero attached hydrogens (tertiary/aromatic N) is 3. The van der Waals surface area contributed by atoms with E-state index < -0.39 is 11.5 Å². The van der Waals surface area contributed by atoms with Gasteiger partial charge in [-0.2, -0.15) is 5.10 Å². The summed E-state index contributed by atoms with van der Waals surface area (Å²) >= 11 is 0. The second-order valence-corrected chi connectivity index (χ2v) is 6.28. The number of rotatable bonds is 2. The standard InChI is InChI=1S/C16H17N5O2/c1-16(2,3)11-8-12(20-19-11)18-14(22)10-9-17-13-6-4-5-7-21(13)15(10)23/h4-9H,1-3H3,(H2,18,19,20,22). The van der Waals surface area contributed by atoms with E-state index in [2.05, 4.69) is 20.5 Å². The molecule has 0 saturated carbocycles. The molecule has 0 aromatic carbocycles. The molecule has 0 aliphatic rings. The van der Waals surface area contributed by atoms with Gasteiger partial charge < -0.3 is 5.32 Å². The van der Waals surface area contributed by atoms with Crippen LogP contribution in [-0.4, -0.2) is 25.5 Å². The molecule has 3 aromatic heterocycles. The van der Waals surface area contributed by atoms with Gasteiger partial charge in [0.15, 0.2) is 5.82 Å². The number of pyridine rings is 1. The maximum atomic E-state index is 12.4. The SMILES string of the molecule is CC(C)(C)c1cc(NC(=O)c2cnc3ccccn3c2=O)n[nH]1. The van der Waals surface area contributed by atoms with Crippen molar-refractivity contribution in [3.8, 4) is 0 Å². The van der Waals surface area contributed by atoms with Crippen molar-refractivity contribution in [2.24, 2.45) is 0 Å². The van der Waals surface area contributed by atoms with Gasteiger partial charge in [0, 0.05) is 29.6 Å². The van der Waals surface area contributed by atoms with Crippen molar-refractivity contribution in [3.63, 3.8) is 0 Å². The van der Waals surface area contributed by atoms with Crippen LogP contribution in [0.25, 0.3) is 5.65 Å². The van der Waals surface area contributed by atoms with E-state index in [0.717, 1.165) is 5.69 Å². The van der Waals surface area contributed by atoms with E-state index in [4.69, 9.17) is 0 Å². The van der Waals surface area contributed by atoms with E-state index in [1.165, 1.54) is 10.6 Å². The first kappa shape index (κ1) is 15.0. The molecule has 0 aliphatic heterocycles. The molecule has 1 amide bonds. The predicted molar refractivity (Wildman–Crippen MR) is 86.7 cm³/mol. The minimum absolute atomic E-state index is 0.0333. The molecule has 0 atom stereocenters. The third-order valence-corrected chi connectivity index (χ3v) is 3.49. The Bertz CT molecular complexity index is 933. The number of H-pyrrole nitrogens is 1. The monoisotopic (exact) mass is 311 g/mol. The molecule has 0 saturated heterocycles. The lowest BCUT2D eigenvalue weighted by atomic mass is 9.92. The summed E-state index contributed by atoms with van der Waals surface area (Å²) in [5.74, 6) is -0.162. The van der Waals surface area contributed by atoms with Crippen LogP contribution in [-0.2, 0) is 5.41 Å². The lowest BCUT2D eigenvalue weighted by Crippen LogP contribution is -2.26. The van der Waals surface area contributed by atoms with E-state index >= 15 is 0 Å². The predicted octanol–water partition coefficient (Wildman–Crippen LogP) is 1.97. The number of carbonyl (C=O) groups excluding carboxylic acids is 1. The van der Waals surface area contributed by atoms with Gasteiger partial charge in [-0.15, -0.1) is 0 Å². The van der Waals surface area contributed by atoms with Crippen LogP contribution in [0.1, 0.15) is 36.8 Å². The molecule has 118 valence electrons. The van der Waals surface area contributed by atoms with Gasteiger partial charge in [-0.1, -0.05) is 26.8 Å². The highest BCUT2D eigenvalue weighted by atomic mass is 16.2. The smallest absolute Gasteiger partial charge is 0.270 e. The average molecular weight is 311 g/mol. The third kappa shape index (κ3) is 2.85. The normalized spacial score (nSPS) is 11.6. The van der Waals surface area contributed by atoms with Crippen LogP contribution in [0, 0.1) is 0 Å². The number of aromatic nitrogens is 4. The summed E-state index contributed by atoms with van der Waals surface area (Å²) in [5, 5.41) is 9.56. The number of fused-ring (bicyclic) bond motifs is 1. The van der Waals surface area contributed by atoms with Gasteiger partial charge in [-0.25, -0.2) is 4.98 Å². The molecule has 0 fully saturated rings. The number of aromatic amines is 1. The average Bonchev–Trinajstić information content (AvgIpc) is 2.96. The molecule has 0 radical (unpaired) electrons. The zero-order valence-corrected chi connectivity index (χ0v) is 13.1. The number of nitrogens with one attached hydrogen (secondary N) is 2. The Morgan fingerprint density at radius 3 is 2.78 bits per heavy atom. The first-order chi connectivity index (χ1) is 10.9. The summed E-state index contributed by atoms with van der Waals surface area (Å²) in [4.78, 5) is 28.8. The fourth-order valence-electron chi connectivity index (χ4n) is 2.14. The van der Waals surface area contributed by atoms with Crippen molar-refractivity contribution in [2.45, 2.75) is 26.2 Å². The van der Waals surface area contributed by atoms with Crippen LogP contribution in [0.2, 0.25) is 0 Å². The summed E-state index contributed by atoms with van der Waals surface area (Å²) in [6, 6.07) is 6.94. The highest BCUT2D eigenvalue weighted by Crippen LogP contribution is 2.21. The lowest BCUT2D eigenvalue weighted by molar-refractivity contribution is 0.102. The third-order valence-electron chi connectivity index (χ3n) is 3.49. The minimum atomic E-state index is -0.535. The molecule has 0 aliphatic carbocycles. The maximum Gasteiger partial charge on any atom is 0.270 e. The van der Waals surface area contributed by atoms with E-state index in [1.54, 1.807) is 30.5 Å². The highest BCUT2D eigenvalue weighted by Gasteiger charge is 2.19. The van der Waals surface area contributed by atoms with Gasteiger partial charge in [0.2, 0.25) is 0 Å². The fourth-order valence-corrected chi connectivity index (χ4v) is 2.14.